The standard InChI is InChI=1S/C15H12ClN3O3/c1-8-9(2)18-19(15(20)11(8)5-17)6-10-3-12(16)14-13(4-10)21-7-22-14/h3-4H,6-7H2,1-2H3. The van der Waals surface area contributed by atoms with Crippen LogP contribution in [0.15, 0.2) is 16.9 Å². The summed E-state index contributed by atoms with van der Waals surface area (Å²) in [5.41, 5.74) is 1.69. The number of aromatic nitrogens is 2. The number of rotatable bonds is 2. The largest absolute Gasteiger partial charge is 0.454 e. The van der Waals surface area contributed by atoms with Crippen molar-refractivity contribution < 1.29 is 9.47 Å². The minimum atomic E-state index is -0.417. The lowest BCUT2D eigenvalue weighted by Gasteiger charge is -2.10. The zero-order chi connectivity index (χ0) is 15.9. The van der Waals surface area contributed by atoms with E-state index >= 15 is 0 Å². The highest BCUT2D eigenvalue weighted by atomic mass is 35.5. The summed E-state index contributed by atoms with van der Waals surface area (Å²) in [6.45, 7) is 3.80. The summed E-state index contributed by atoms with van der Waals surface area (Å²) >= 11 is 6.13. The Balaban J connectivity index is 2.05. The Labute approximate surface area is 131 Å². The first-order chi connectivity index (χ1) is 10.5. The van der Waals surface area contributed by atoms with Crippen molar-refractivity contribution in [2.24, 2.45) is 0 Å². The monoisotopic (exact) mass is 317 g/mol. The maximum Gasteiger partial charge on any atom is 0.285 e. The molecule has 0 unspecified atom stereocenters. The highest BCUT2D eigenvalue weighted by Gasteiger charge is 2.19. The second kappa shape index (κ2) is 5.35. The number of hydrogen-bond acceptors (Lipinski definition) is 5. The summed E-state index contributed by atoms with van der Waals surface area (Å²) in [7, 11) is 0. The quantitative estimate of drug-likeness (QED) is 0.848. The fourth-order valence-corrected chi connectivity index (χ4v) is 2.58. The zero-order valence-electron chi connectivity index (χ0n) is 12.0. The summed E-state index contributed by atoms with van der Waals surface area (Å²) < 4.78 is 11.8. The van der Waals surface area contributed by atoms with Gasteiger partial charge in [0.1, 0.15) is 11.6 Å². The molecule has 3 rings (SSSR count). The van der Waals surface area contributed by atoms with Crippen molar-refractivity contribution in [1.82, 2.24) is 9.78 Å². The molecule has 1 aliphatic rings. The van der Waals surface area contributed by atoms with Crippen LogP contribution in [0.2, 0.25) is 5.02 Å². The lowest BCUT2D eigenvalue weighted by Crippen LogP contribution is -2.28. The third-order valence-electron chi connectivity index (χ3n) is 3.57. The van der Waals surface area contributed by atoms with E-state index in [-0.39, 0.29) is 18.9 Å². The van der Waals surface area contributed by atoms with Gasteiger partial charge in [0, 0.05) is 0 Å². The Kier molecular flexibility index (Phi) is 3.51. The maximum absolute atomic E-state index is 12.3. The van der Waals surface area contributed by atoms with Crippen molar-refractivity contribution in [3.8, 4) is 17.6 Å². The van der Waals surface area contributed by atoms with Gasteiger partial charge in [-0.25, -0.2) is 4.68 Å². The van der Waals surface area contributed by atoms with Crippen LogP contribution in [-0.2, 0) is 6.54 Å². The molecular weight excluding hydrogens is 306 g/mol. The van der Waals surface area contributed by atoms with E-state index in [2.05, 4.69) is 5.10 Å². The van der Waals surface area contributed by atoms with Gasteiger partial charge in [0.2, 0.25) is 6.79 Å². The third kappa shape index (κ3) is 2.30. The van der Waals surface area contributed by atoms with E-state index in [0.29, 0.717) is 27.8 Å². The predicted molar refractivity (Wildman–Crippen MR) is 79.4 cm³/mol. The van der Waals surface area contributed by atoms with Crippen LogP contribution in [0.1, 0.15) is 22.4 Å². The first kappa shape index (κ1) is 14.4. The van der Waals surface area contributed by atoms with Crippen LogP contribution in [0.25, 0.3) is 0 Å². The topological polar surface area (TPSA) is 77.1 Å². The highest BCUT2D eigenvalue weighted by Crippen LogP contribution is 2.39. The van der Waals surface area contributed by atoms with Crippen molar-refractivity contribution in [1.29, 1.82) is 5.26 Å². The zero-order valence-corrected chi connectivity index (χ0v) is 12.8. The van der Waals surface area contributed by atoms with E-state index in [0.717, 1.165) is 5.56 Å². The van der Waals surface area contributed by atoms with E-state index in [1.54, 1.807) is 26.0 Å². The van der Waals surface area contributed by atoms with Gasteiger partial charge in [0.15, 0.2) is 11.5 Å². The SMILES string of the molecule is Cc1nn(Cc2cc(Cl)c3c(c2)OCO3)c(=O)c(C#N)c1C. The van der Waals surface area contributed by atoms with Gasteiger partial charge in [-0.1, -0.05) is 11.6 Å². The van der Waals surface area contributed by atoms with Crippen molar-refractivity contribution in [3.05, 3.63) is 49.9 Å². The van der Waals surface area contributed by atoms with Crippen molar-refractivity contribution in [2.75, 3.05) is 6.79 Å². The van der Waals surface area contributed by atoms with E-state index in [4.69, 9.17) is 26.3 Å². The van der Waals surface area contributed by atoms with Crippen LogP contribution in [-0.4, -0.2) is 16.6 Å². The normalized spacial score (nSPS) is 12.3. The summed E-state index contributed by atoms with van der Waals surface area (Å²) in [5, 5.41) is 13.8. The molecule has 0 N–H and O–H groups in total. The molecule has 7 heteroatoms. The molecule has 0 spiro atoms. The molecule has 2 aromatic rings. The average Bonchev–Trinajstić information content (AvgIpc) is 2.94. The van der Waals surface area contributed by atoms with Crippen molar-refractivity contribution in [3.63, 3.8) is 0 Å². The first-order valence-electron chi connectivity index (χ1n) is 6.57. The number of halogens is 1. The van der Waals surface area contributed by atoms with Gasteiger partial charge >= 0.3 is 0 Å². The van der Waals surface area contributed by atoms with Gasteiger partial charge in [-0.05, 0) is 37.1 Å². The minimum absolute atomic E-state index is 0.111. The fourth-order valence-electron chi connectivity index (χ4n) is 2.30. The Hall–Kier alpha value is -2.52. The molecule has 2 heterocycles. The molecule has 0 aliphatic carbocycles. The van der Waals surface area contributed by atoms with Gasteiger partial charge in [-0.3, -0.25) is 4.79 Å². The Bertz CT molecular complexity index is 868. The number of nitrogens with zero attached hydrogens (tertiary/aromatic N) is 3. The van der Waals surface area contributed by atoms with Crippen LogP contribution >= 0.6 is 11.6 Å². The van der Waals surface area contributed by atoms with E-state index in [1.165, 1.54) is 4.68 Å². The number of ether oxygens (including phenoxy) is 2. The van der Waals surface area contributed by atoms with Gasteiger partial charge in [0.25, 0.3) is 5.56 Å². The van der Waals surface area contributed by atoms with Gasteiger partial charge < -0.3 is 9.47 Å². The smallest absolute Gasteiger partial charge is 0.285 e. The maximum atomic E-state index is 12.3. The number of nitriles is 1. The molecule has 0 amide bonds. The second-order valence-electron chi connectivity index (χ2n) is 4.97. The van der Waals surface area contributed by atoms with E-state index in [9.17, 15) is 4.79 Å². The van der Waals surface area contributed by atoms with Crippen LogP contribution in [0, 0.1) is 25.2 Å². The van der Waals surface area contributed by atoms with Crippen LogP contribution < -0.4 is 15.0 Å². The molecule has 0 bridgehead atoms. The first-order valence-corrected chi connectivity index (χ1v) is 6.95. The van der Waals surface area contributed by atoms with Gasteiger partial charge in [-0.15, -0.1) is 0 Å². The van der Waals surface area contributed by atoms with Gasteiger partial charge in [0.05, 0.1) is 17.3 Å². The van der Waals surface area contributed by atoms with E-state index < -0.39 is 5.56 Å². The number of benzene rings is 1. The number of hydrogen-bond donors (Lipinski definition) is 0. The third-order valence-corrected chi connectivity index (χ3v) is 3.85. The minimum Gasteiger partial charge on any atom is -0.454 e. The van der Waals surface area contributed by atoms with Crippen LogP contribution in [0.3, 0.4) is 0 Å². The van der Waals surface area contributed by atoms with Gasteiger partial charge in [-0.2, -0.15) is 10.4 Å². The lowest BCUT2D eigenvalue weighted by molar-refractivity contribution is 0.174. The summed E-state index contributed by atoms with van der Waals surface area (Å²) in [6, 6.07) is 5.39. The second-order valence-corrected chi connectivity index (χ2v) is 5.38. The van der Waals surface area contributed by atoms with Crippen molar-refractivity contribution >= 4 is 11.6 Å². The van der Waals surface area contributed by atoms with Crippen LogP contribution in [0.4, 0.5) is 0 Å². The molecule has 112 valence electrons. The molecular formula is C15H12ClN3O3. The molecule has 0 fully saturated rings. The molecule has 0 radical (unpaired) electrons. The summed E-state index contributed by atoms with van der Waals surface area (Å²) in [4.78, 5) is 12.3. The Morgan fingerprint density at radius 3 is 2.91 bits per heavy atom. The molecule has 1 aromatic carbocycles. The number of fused-ring (bicyclic) bond motifs is 1. The Morgan fingerprint density at radius 2 is 2.18 bits per heavy atom. The highest BCUT2D eigenvalue weighted by molar-refractivity contribution is 6.32. The molecule has 0 saturated carbocycles. The van der Waals surface area contributed by atoms with Crippen molar-refractivity contribution in [2.45, 2.75) is 20.4 Å². The number of aryl methyl sites for hydroxylation is 1. The average molecular weight is 318 g/mol. The molecule has 1 aliphatic heterocycles. The summed E-state index contributed by atoms with van der Waals surface area (Å²) in [5.74, 6) is 1.04. The van der Waals surface area contributed by atoms with E-state index in [1.807, 2.05) is 6.07 Å². The molecule has 6 nitrogen and oxygen atoms in total. The Morgan fingerprint density at radius 1 is 1.41 bits per heavy atom. The molecule has 0 atom stereocenters. The fraction of sp³-hybridized carbons (Fsp3) is 0.267. The molecule has 22 heavy (non-hydrogen) atoms. The summed E-state index contributed by atoms with van der Waals surface area (Å²) in [6.07, 6.45) is 0. The predicted octanol–water partition coefficient (Wildman–Crippen LogP) is 2.16. The molecule has 0 saturated heterocycles. The molecule has 1 aromatic heterocycles. The van der Waals surface area contributed by atoms with Crippen LogP contribution in [0.5, 0.6) is 11.5 Å². The lowest BCUT2D eigenvalue weighted by atomic mass is 10.1.